The Morgan fingerprint density at radius 3 is 2.74 bits per heavy atom. The average molecular weight is 313 g/mol. The maximum Gasteiger partial charge on any atom is 0.258 e. The van der Waals surface area contributed by atoms with Gasteiger partial charge in [-0.1, -0.05) is 5.16 Å². The number of aromatic nitrogens is 4. The molecule has 0 unspecified atom stereocenters. The van der Waals surface area contributed by atoms with E-state index in [2.05, 4.69) is 20.6 Å². The van der Waals surface area contributed by atoms with E-state index in [1.807, 2.05) is 27.8 Å². The smallest absolute Gasteiger partial charge is 0.258 e. The lowest BCUT2D eigenvalue weighted by atomic mass is 10.1. The lowest BCUT2D eigenvalue weighted by Crippen LogP contribution is -2.27. The highest BCUT2D eigenvalue weighted by Gasteiger charge is 2.20. The molecule has 3 aromatic rings. The van der Waals surface area contributed by atoms with Crippen LogP contribution in [0.15, 0.2) is 16.8 Å². The van der Waals surface area contributed by atoms with Crippen LogP contribution >= 0.6 is 0 Å². The fourth-order valence-corrected chi connectivity index (χ4v) is 2.69. The zero-order chi connectivity index (χ0) is 16.7. The van der Waals surface area contributed by atoms with Crippen molar-refractivity contribution in [3.63, 3.8) is 0 Å². The van der Waals surface area contributed by atoms with Crippen LogP contribution < -0.4 is 5.32 Å². The Labute approximate surface area is 133 Å². The standard InChI is InChI=1S/C16H19N5O2/c1-8-6-12(14-10(3)20-23-16(14)18-8)15(22)19-9(2)13-7-17-21(5)11(13)4/h6-7,9H,1-5H3,(H,19,22)/t9-/m0/s1. The molecule has 1 N–H and O–H groups in total. The fraction of sp³-hybridized carbons (Fsp3) is 0.375. The normalized spacial score (nSPS) is 12.6. The van der Waals surface area contributed by atoms with Gasteiger partial charge in [0.05, 0.1) is 28.9 Å². The molecule has 0 saturated heterocycles. The molecule has 0 aromatic carbocycles. The van der Waals surface area contributed by atoms with Gasteiger partial charge in [-0.3, -0.25) is 9.48 Å². The average Bonchev–Trinajstić information content (AvgIpc) is 3.02. The van der Waals surface area contributed by atoms with Crippen molar-refractivity contribution < 1.29 is 9.32 Å². The molecule has 0 aliphatic heterocycles. The second-order valence-electron chi connectivity index (χ2n) is 5.76. The van der Waals surface area contributed by atoms with Crippen molar-refractivity contribution in [3.8, 4) is 0 Å². The van der Waals surface area contributed by atoms with Crippen LogP contribution in [0.25, 0.3) is 11.1 Å². The van der Waals surface area contributed by atoms with Gasteiger partial charge in [-0.15, -0.1) is 0 Å². The first kappa shape index (κ1) is 15.2. The number of rotatable bonds is 3. The van der Waals surface area contributed by atoms with E-state index in [4.69, 9.17) is 4.52 Å². The van der Waals surface area contributed by atoms with Gasteiger partial charge in [0, 0.05) is 24.0 Å². The van der Waals surface area contributed by atoms with Crippen molar-refractivity contribution >= 4 is 17.0 Å². The van der Waals surface area contributed by atoms with Crippen LogP contribution in [0.5, 0.6) is 0 Å². The Morgan fingerprint density at radius 1 is 1.35 bits per heavy atom. The topological polar surface area (TPSA) is 85.8 Å². The van der Waals surface area contributed by atoms with E-state index >= 15 is 0 Å². The first-order chi connectivity index (χ1) is 10.9. The molecule has 0 aliphatic rings. The van der Waals surface area contributed by atoms with Crippen LogP contribution in [0.2, 0.25) is 0 Å². The molecule has 3 heterocycles. The lowest BCUT2D eigenvalue weighted by molar-refractivity contribution is 0.0941. The summed E-state index contributed by atoms with van der Waals surface area (Å²) < 4.78 is 6.97. The van der Waals surface area contributed by atoms with Crippen LogP contribution in [0.1, 0.15) is 46.0 Å². The Morgan fingerprint density at radius 2 is 2.09 bits per heavy atom. The number of pyridine rings is 1. The van der Waals surface area contributed by atoms with Gasteiger partial charge < -0.3 is 9.84 Å². The summed E-state index contributed by atoms with van der Waals surface area (Å²) in [5, 5.41) is 11.8. The number of carbonyl (C=O) groups is 1. The molecule has 0 spiro atoms. The van der Waals surface area contributed by atoms with Crippen LogP contribution in [-0.4, -0.2) is 25.8 Å². The molecule has 120 valence electrons. The van der Waals surface area contributed by atoms with E-state index in [9.17, 15) is 4.79 Å². The quantitative estimate of drug-likeness (QED) is 0.802. The minimum absolute atomic E-state index is 0.153. The summed E-state index contributed by atoms with van der Waals surface area (Å²) in [6.45, 7) is 7.54. The molecule has 0 aliphatic carbocycles. The van der Waals surface area contributed by atoms with Crippen molar-refractivity contribution in [2.45, 2.75) is 33.7 Å². The first-order valence-electron chi connectivity index (χ1n) is 7.41. The van der Waals surface area contributed by atoms with Gasteiger partial charge in [0.2, 0.25) is 0 Å². The molecule has 1 amide bonds. The second-order valence-corrected chi connectivity index (χ2v) is 5.76. The number of hydrogen-bond donors (Lipinski definition) is 1. The van der Waals surface area contributed by atoms with Gasteiger partial charge in [-0.05, 0) is 33.8 Å². The number of hydrogen-bond acceptors (Lipinski definition) is 5. The number of carbonyl (C=O) groups excluding carboxylic acids is 1. The molecule has 0 saturated carbocycles. The largest absolute Gasteiger partial charge is 0.345 e. The summed E-state index contributed by atoms with van der Waals surface area (Å²) in [7, 11) is 1.88. The number of amides is 1. The van der Waals surface area contributed by atoms with Gasteiger partial charge >= 0.3 is 0 Å². The Hall–Kier alpha value is -2.70. The summed E-state index contributed by atoms with van der Waals surface area (Å²) >= 11 is 0. The van der Waals surface area contributed by atoms with E-state index in [1.165, 1.54) is 0 Å². The molecule has 3 rings (SSSR count). The van der Waals surface area contributed by atoms with Gasteiger partial charge in [0.25, 0.3) is 11.6 Å². The number of fused-ring (bicyclic) bond motifs is 1. The third-order valence-electron chi connectivity index (χ3n) is 4.08. The third kappa shape index (κ3) is 2.58. The van der Waals surface area contributed by atoms with E-state index < -0.39 is 0 Å². The van der Waals surface area contributed by atoms with E-state index in [1.54, 1.807) is 23.9 Å². The highest BCUT2D eigenvalue weighted by molar-refractivity contribution is 6.06. The van der Waals surface area contributed by atoms with E-state index in [-0.39, 0.29) is 11.9 Å². The van der Waals surface area contributed by atoms with Crippen molar-refractivity contribution in [3.05, 3.63) is 40.5 Å². The Kier molecular flexibility index (Phi) is 3.63. The van der Waals surface area contributed by atoms with Crippen LogP contribution in [0.4, 0.5) is 0 Å². The highest BCUT2D eigenvalue weighted by Crippen LogP contribution is 2.23. The molecule has 0 radical (unpaired) electrons. The molecule has 7 heteroatoms. The Balaban J connectivity index is 1.95. The molecular formula is C16H19N5O2. The summed E-state index contributed by atoms with van der Waals surface area (Å²) in [6, 6.07) is 1.60. The number of nitrogens with one attached hydrogen (secondary N) is 1. The zero-order valence-electron chi connectivity index (χ0n) is 13.8. The number of nitrogens with zero attached hydrogens (tertiary/aromatic N) is 4. The molecule has 23 heavy (non-hydrogen) atoms. The van der Waals surface area contributed by atoms with Crippen molar-refractivity contribution in [2.75, 3.05) is 0 Å². The minimum atomic E-state index is -0.178. The van der Waals surface area contributed by atoms with Crippen molar-refractivity contribution in [1.29, 1.82) is 0 Å². The molecule has 1 atom stereocenters. The maximum absolute atomic E-state index is 12.7. The van der Waals surface area contributed by atoms with Gasteiger partial charge in [0.1, 0.15) is 0 Å². The van der Waals surface area contributed by atoms with Gasteiger partial charge in [0.15, 0.2) is 0 Å². The van der Waals surface area contributed by atoms with Crippen molar-refractivity contribution in [2.24, 2.45) is 7.05 Å². The Bertz CT molecular complexity index is 893. The minimum Gasteiger partial charge on any atom is -0.345 e. The SMILES string of the molecule is Cc1cc(C(=O)N[C@@H](C)c2cnn(C)c2C)c2c(C)noc2n1. The van der Waals surface area contributed by atoms with E-state index in [0.717, 1.165) is 11.3 Å². The molecule has 0 bridgehead atoms. The van der Waals surface area contributed by atoms with Crippen LogP contribution in [-0.2, 0) is 7.05 Å². The number of aryl methyl sites for hydroxylation is 3. The molecule has 3 aromatic heterocycles. The lowest BCUT2D eigenvalue weighted by Gasteiger charge is -2.14. The summed E-state index contributed by atoms with van der Waals surface area (Å²) in [4.78, 5) is 17.0. The predicted octanol–water partition coefficient (Wildman–Crippen LogP) is 2.37. The third-order valence-corrected chi connectivity index (χ3v) is 4.08. The summed E-state index contributed by atoms with van der Waals surface area (Å²) in [5.41, 5.74) is 4.30. The summed E-state index contributed by atoms with van der Waals surface area (Å²) in [5.74, 6) is -0.178. The van der Waals surface area contributed by atoms with Crippen molar-refractivity contribution in [1.82, 2.24) is 25.2 Å². The van der Waals surface area contributed by atoms with E-state index in [0.29, 0.717) is 28.1 Å². The first-order valence-corrected chi connectivity index (χ1v) is 7.41. The van der Waals surface area contributed by atoms with Gasteiger partial charge in [-0.2, -0.15) is 5.10 Å². The predicted molar refractivity (Wildman–Crippen MR) is 85.1 cm³/mol. The monoisotopic (exact) mass is 313 g/mol. The van der Waals surface area contributed by atoms with Crippen LogP contribution in [0, 0.1) is 20.8 Å². The fourth-order valence-electron chi connectivity index (χ4n) is 2.69. The maximum atomic E-state index is 12.7. The van der Waals surface area contributed by atoms with Gasteiger partial charge in [-0.25, -0.2) is 4.98 Å². The highest BCUT2D eigenvalue weighted by atomic mass is 16.5. The van der Waals surface area contributed by atoms with Crippen LogP contribution in [0.3, 0.4) is 0 Å². The second kappa shape index (κ2) is 5.49. The molecule has 7 nitrogen and oxygen atoms in total. The molecular weight excluding hydrogens is 294 g/mol. The zero-order valence-corrected chi connectivity index (χ0v) is 13.8. The summed E-state index contributed by atoms with van der Waals surface area (Å²) in [6.07, 6.45) is 1.78. The molecule has 0 fully saturated rings.